The Morgan fingerprint density at radius 2 is 2.12 bits per heavy atom. The van der Waals surface area contributed by atoms with E-state index in [0.29, 0.717) is 18.8 Å². The van der Waals surface area contributed by atoms with Gasteiger partial charge in [-0.25, -0.2) is 4.79 Å². The van der Waals surface area contributed by atoms with Crippen molar-refractivity contribution in [1.29, 1.82) is 0 Å². The van der Waals surface area contributed by atoms with E-state index in [1.807, 2.05) is 13.0 Å². The molecule has 0 aliphatic carbocycles. The van der Waals surface area contributed by atoms with Gasteiger partial charge in [0.15, 0.2) is 0 Å². The van der Waals surface area contributed by atoms with Crippen LogP contribution in [-0.4, -0.2) is 25.8 Å². The largest absolute Gasteiger partial charge is 0.460 e. The molecule has 0 bridgehead atoms. The lowest BCUT2D eigenvalue weighted by molar-refractivity contribution is 0.0318. The number of carbonyl (C=O) groups excluding carboxylic acids is 1. The number of hydrogen-bond acceptors (Lipinski definition) is 4. The van der Waals surface area contributed by atoms with Crippen molar-refractivity contribution in [2.75, 3.05) is 19.8 Å². The van der Waals surface area contributed by atoms with Crippen LogP contribution in [-0.2, 0) is 9.47 Å². The molecule has 1 aromatic rings. The number of carbonyl (C=O) groups is 1. The molecule has 1 aromatic carbocycles. The Kier molecular flexibility index (Phi) is 5.96. The number of esters is 1. The number of benzene rings is 1. The van der Waals surface area contributed by atoms with Crippen molar-refractivity contribution in [3.05, 3.63) is 29.8 Å². The third-order valence-electron chi connectivity index (χ3n) is 1.89. The fraction of sp³-hybridized carbons (Fsp3) is 0.417. The van der Waals surface area contributed by atoms with E-state index in [2.05, 4.69) is 12.6 Å². The van der Waals surface area contributed by atoms with E-state index in [9.17, 15) is 4.79 Å². The second-order valence-corrected chi connectivity index (χ2v) is 3.82. The molecule has 0 saturated heterocycles. The minimum atomic E-state index is -0.337. The predicted molar refractivity (Wildman–Crippen MR) is 65.1 cm³/mol. The lowest BCUT2D eigenvalue weighted by Crippen LogP contribution is -2.11. The van der Waals surface area contributed by atoms with Gasteiger partial charge in [0, 0.05) is 11.5 Å². The zero-order valence-electron chi connectivity index (χ0n) is 9.31. The van der Waals surface area contributed by atoms with Crippen molar-refractivity contribution in [3.8, 4) is 0 Å². The standard InChI is InChI=1S/C12H16O3S/c1-2-6-14-7-8-15-12(13)10-4-3-5-11(16)9-10/h3-5,9,16H,2,6-8H2,1H3. The summed E-state index contributed by atoms with van der Waals surface area (Å²) in [4.78, 5) is 12.3. The van der Waals surface area contributed by atoms with Crippen LogP contribution in [0.2, 0.25) is 0 Å². The minimum absolute atomic E-state index is 0.287. The van der Waals surface area contributed by atoms with Crippen LogP contribution >= 0.6 is 12.6 Å². The van der Waals surface area contributed by atoms with Crippen molar-refractivity contribution in [3.63, 3.8) is 0 Å². The molecular weight excluding hydrogens is 224 g/mol. The highest BCUT2D eigenvalue weighted by Gasteiger charge is 2.06. The quantitative estimate of drug-likeness (QED) is 0.471. The van der Waals surface area contributed by atoms with Gasteiger partial charge in [0.1, 0.15) is 6.61 Å². The van der Waals surface area contributed by atoms with Crippen LogP contribution in [0.15, 0.2) is 29.2 Å². The first-order valence-corrected chi connectivity index (χ1v) is 5.72. The minimum Gasteiger partial charge on any atom is -0.460 e. The second-order valence-electron chi connectivity index (χ2n) is 3.30. The Hall–Kier alpha value is -1.00. The Labute approximate surface area is 101 Å². The van der Waals surface area contributed by atoms with Gasteiger partial charge in [-0.3, -0.25) is 0 Å². The molecule has 0 radical (unpaired) electrons. The SMILES string of the molecule is CCCOCCOC(=O)c1cccc(S)c1. The monoisotopic (exact) mass is 240 g/mol. The van der Waals surface area contributed by atoms with E-state index in [-0.39, 0.29) is 12.6 Å². The molecule has 0 amide bonds. The first-order chi connectivity index (χ1) is 7.74. The fourth-order valence-corrected chi connectivity index (χ4v) is 1.38. The lowest BCUT2D eigenvalue weighted by Gasteiger charge is -2.05. The molecule has 0 heterocycles. The average molecular weight is 240 g/mol. The van der Waals surface area contributed by atoms with E-state index >= 15 is 0 Å². The molecule has 0 unspecified atom stereocenters. The summed E-state index contributed by atoms with van der Waals surface area (Å²) >= 11 is 4.15. The molecule has 0 N–H and O–H groups in total. The third kappa shape index (κ3) is 4.68. The Bertz CT molecular complexity index is 339. The van der Waals surface area contributed by atoms with E-state index in [4.69, 9.17) is 9.47 Å². The van der Waals surface area contributed by atoms with Gasteiger partial charge in [0.25, 0.3) is 0 Å². The molecule has 0 aliphatic rings. The molecule has 4 heteroatoms. The van der Waals surface area contributed by atoms with Gasteiger partial charge >= 0.3 is 5.97 Å². The van der Waals surface area contributed by atoms with Crippen LogP contribution in [0, 0.1) is 0 Å². The molecule has 0 aliphatic heterocycles. The smallest absolute Gasteiger partial charge is 0.338 e. The summed E-state index contributed by atoms with van der Waals surface area (Å²) in [5.74, 6) is -0.337. The fourth-order valence-electron chi connectivity index (χ4n) is 1.16. The molecule has 0 aromatic heterocycles. The van der Waals surface area contributed by atoms with Crippen LogP contribution in [0.5, 0.6) is 0 Å². The highest BCUT2D eigenvalue weighted by atomic mass is 32.1. The van der Waals surface area contributed by atoms with Gasteiger partial charge in [-0.05, 0) is 24.6 Å². The summed E-state index contributed by atoms with van der Waals surface area (Å²) in [5, 5.41) is 0. The number of hydrogen-bond donors (Lipinski definition) is 1. The maximum Gasteiger partial charge on any atom is 0.338 e. The maximum absolute atomic E-state index is 11.5. The molecule has 0 fully saturated rings. The molecule has 0 saturated carbocycles. The number of rotatable bonds is 6. The lowest BCUT2D eigenvalue weighted by atomic mass is 10.2. The van der Waals surface area contributed by atoms with Crippen molar-refractivity contribution in [2.24, 2.45) is 0 Å². The number of ether oxygens (including phenoxy) is 2. The summed E-state index contributed by atoms with van der Waals surface area (Å²) in [6, 6.07) is 6.96. The van der Waals surface area contributed by atoms with Crippen molar-refractivity contribution in [2.45, 2.75) is 18.2 Å². The van der Waals surface area contributed by atoms with Gasteiger partial charge in [0.2, 0.25) is 0 Å². The first-order valence-electron chi connectivity index (χ1n) is 5.28. The highest BCUT2D eigenvalue weighted by Crippen LogP contribution is 2.09. The zero-order valence-corrected chi connectivity index (χ0v) is 10.2. The summed E-state index contributed by atoms with van der Waals surface area (Å²) in [5.41, 5.74) is 0.517. The summed E-state index contributed by atoms with van der Waals surface area (Å²) in [7, 11) is 0. The Balaban J connectivity index is 2.30. The van der Waals surface area contributed by atoms with Crippen LogP contribution in [0.4, 0.5) is 0 Å². The van der Waals surface area contributed by atoms with Crippen LogP contribution < -0.4 is 0 Å². The normalized spacial score (nSPS) is 10.1. The average Bonchev–Trinajstić information content (AvgIpc) is 2.28. The topological polar surface area (TPSA) is 35.5 Å². The van der Waals surface area contributed by atoms with Gasteiger partial charge in [0.05, 0.1) is 12.2 Å². The predicted octanol–water partition coefficient (Wildman–Crippen LogP) is 2.56. The van der Waals surface area contributed by atoms with Crippen molar-refractivity contribution in [1.82, 2.24) is 0 Å². The molecule has 0 spiro atoms. The van der Waals surface area contributed by atoms with E-state index in [1.54, 1.807) is 18.2 Å². The highest BCUT2D eigenvalue weighted by molar-refractivity contribution is 7.80. The summed E-state index contributed by atoms with van der Waals surface area (Å²) in [6.07, 6.45) is 0.968. The van der Waals surface area contributed by atoms with Crippen molar-refractivity contribution < 1.29 is 14.3 Å². The summed E-state index contributed by atoms with van der Waals surface area (Å²) in [6.45, 7) is 3.46. The molecule has 1 rings (SSSR count). The maximum atomic E-state index is 11.5. The van der Waals surface area contributed by atoms with Gasteiger partial charge in [-0.1, -0.05) is 13.0 Å². The molecule has 88 valence electrons. The van der Waals surface area contributed by atoms with Gasteiger partial charge in [-0.2, -0.15) is 0 Å². The molecule has 0 atom stereocenters. The Morgan fingerprint density at radius 3 is 2.81 bits per heavy atom. The Morgan fingerprint density at radius 1 is 1.31 bits per heavy atom. The third-order valence-corrected chi connectivity index (χ3v) is 2.17. The van der Waals surface area contributed by atoms with E-state index in [1.165, 1.54) is 0 Å². The van der Waals surface area contributed by atoms with Crippen LogP contribution in [0.25, 0.3) is 0 Å². The first kappa shape index (κ1) is 13.1. The number of thiol groups is 1. The van der Waals surface area contributed by atoms with Crippen LogP contribution in [0.3, 0.4) is 0 Å². The summed E-state index contributed by atoms with van der Waals surface area (Å²) < 4.78 is 10.2. The van der Waals surface area contributed by atoms with Gasteiger partial charge < -0.3 is 9.47 Å². The zero-order chi connectivity index (χ0) is 11.8. The molecule has 3 nitrogen and oxygen atoms in total. The van der Waals surface area contributed by atoms with E-state index < -0.39 is 0 Å². The van der Waals surface area contributed by atoms with Crippen LogP contribution in [0.1, 0.15) is 23.7 Å². The molecule has 16 heavy (non-hydrogen) atoms. The van der Waals surface area contributed by atoms with Gasteiger partial charge in [-0.15, -0.1) is 12.6 Å². The second kappa shape index (κ2) is 7.30. The van der Waals surface area contributed by atoms with Crippen molar-refractivity contribution >= 4 is 18.6 Å². The van der Waals surface area contributed by atoms with E-state index in [0.717, 1.165) is 11.3 Å². The molecular formula is C12H16O3S.